The zero-order valence-electron chi connectivity index (χ0n) is 12.1. The van der Waals surface area contributed by atoms with E-state index in [0.29, 0.717) is 12.5 Å². The number of nitrogens with one attached hydrogen (secondary N) is 1. The first kappa shape index (κ1) is 13.7. The number of nitrogens with zero attached hydrogens (tertiary/aromatic N) is 2. The maximum absolute atomic E-state index is 12.1. The lowest BCUT2D eigenvalue weighted by molar-refractivity contribution is -0.122. The van der Waals surface area contributed by atoms with E-state index in [1.54, 1.807) is 18.6 Å². The molecule has 21 heavy (non-hydrogen) atoms. The number of carbonyl (C=O) groups excluding carboxylic acids is 1. The third kappa shape index (κ3) is 3.27. The van der Waals surface area contributed by atoms with Crippen molar-refractivity contribution in [2.75, 3.05) is 6.54 Å². The van der Waals surface area contributed by atoms with Crippen molar-refractivity contribution in [3.8, 4) is 0 Å². The molecule has 2 aromatic heterocycles. The van der Waals surface area contributed by atoms with Gasteiger partial charge < -0.3 is 5.32 Å². The van der Waals surface area contributed by atoms with Crippen molar-refractivity contribution in [2.24, 2.45) is 5.92 Å². The van der Waals surface area contributed by atoms with Gasteiger partial charge in [-0.05, 0) is 48.6 Å². The van der Waals surface area contributed by atoms with E-state index in [1.165, 1.54) is 11.1 Å². The molecule has 1 aliphatic carbocycles. The van der Waals surface area contributed by atoms with Crippen molar-refractivity contribution in [1.29, 1.82) is 0 Å². The molecule has 2 heterocycles. The molecule has 0 aromatic carbocycles. The van der Waals surface area contributed by atoms with E-state index in [0.717, 1.165) is 18.5 Å². The van der Waals surface area contributed by atoms with Crippen molar-refractivity contribution in [1.82, 2.24) is 15.3 Å². The molecular weight excluding hydrogens is 262 g/mol. The Bertz CT molecular complexity index is 627. The van der Waals surface area contributed by atoms with Gasteiger partial charge in [0.25, 0.3) is 0 Å². The van der Waals surface area contributed by atoms with Crippen LogP contribution in [0.25, 0.3) is 0 Å². The molecule has 3 rings (SSSR count). The average molecular weight is 281 g/mol. The van der Waals surface area contributed by atoms with Gasteiger partial charge in [-0.3, -0.25) is 14.8 Å². The van der Waals surface area contributed by atoms with Gasteiger partial charge in [0.2, 0.25) is 5.91 Å². The Labute approximate surface area is 124 Å². The van der Waals surface area contributed by atoms with Crippen molar-refractivity contribution >= 4 is 5.91 Å². The summed E-state index contributed by atoms with van der Waals surface area (Å²) >= 11 is 0. The molecule has 1 fully saturated rings. The van der Waals surface area contributed by atoms with Crippen molar-refractivity contribution < 1.29 is 4.79 Å². The minimum atomic E-state index is 0.122. The van der Waals surface area contributed by atoms with Gasteiger partial charge in [0.15, 0.2) is 0 Å². The fraction of sp³-hybridized carbons (Fsp3) is 0.353. The van der Waals surface area contributed by atoms with Crippen LogP contribution in [0.1, 0.15) is 29.2 Å². The van der Waals surface area contributed by atoms with Crippen molar-refractivity contribution in [2.45, 2.75) is 25.7 Å². The van der Waals surface area contributed by atoms with E-state index in [2.05, 4.69) is 15.3 Å². The smallest absolute Gasteiger partial charge is 0.223 e. The second-order valence-corrected chi connectivity index (χ2v) is 5.54. The summed E-state index contributed by atoms with van der Waals surface area (Å²) in [6.07, 6.45) is 7.09. The molecule has 1 aliphatic rings. The predicted octanol–water partition coefficient (Wildman–Crippen LogP) is 2.25. The second-order valence-electron chi connectivity index (χ2n) is 5.54. The number of hydrogen-bond donors (Lipinski definition) is 1. The van der Waals surface area contributed by atoms with Gasteiger partial charge in [-0.25, -0.2) is 0 Å². The highest BCUT2D eigenvalue weighted by Crippen LogP contribution is 2.47. The van der Waals surface area contributed by atoms with Gasteiger partial charge in [0.05, 0.1) is 0 Å². The number of amides is 1. The van der Waals surface area contributed by atoms with Crippen molar-refractivity contribution in [3.05, 3.63) is 59.7 Å². The summed E-state index contributed by atoms with van der Waals surface area (Å²) in [5.41, 5.74) is 3.44. The zero-order valence-corrected chi connectivity index (χ0v) is 12.1. The lowest BCUT2D eigenvalue weighted by atomic mass is 10.1. The van der Waals surface area contributed by atoms with Crippen LogP contribution < -0.4 is 5.32 Å². The lowest BCUT2D eigenvalue weighted by Crippen LogP contribution is -2.27. The van der Waals surface area contributed by atoms with Gasteiger partial charge in [-0.2, -0.15) is 0 Å². The predicted molar refractivity (Wildman–Crippen MR) is 80.8 cm³/mol. The standard InChI is InChI=1S/C17H19N3O/c1-12-3-2-7-19-16(12)6-10-20-17(21)15-11-14(15)13-4-8-18-9-5-13/h2-5,7-9,14-15H,6,10-11H2,1H3,(H,20,21)/t14-,15+/m0/s1. The summed E-state index contributed by atoms with van der Waals surface area (Å²) < 4.78 is 0. The Hall–Kier alpha value is -2.23. The molecular formula is C17H19N3O. The van der Waals surface area contributed by atoms with E-state index in [9.17, 15) is 4.79 Å². The largest absolute Gasteiger partial charge is 0.355 e. The molecule has 0 saturated heterocycles. The van der Waals surface area contributed by atoms with E-state index < -0.39 is 0 Å². The van der Waals surface area contributed by atoms with Crippen LogP contribution in [0.4, 0.5) is 0 Å². The molecule has 1 amide bonds. The third-order valence-corrected chi connectivity index (χ3v) is 4.04. The minimum Gasteiger partial charge on any atom is -0.355 e. The normalized spacial score (nSPS) is 20.0. The summed E-state index contributed by atoms with van der Waals surface area (Å²) in [4.78, 5) is 20.5. The summed E-state index contributed by atoms with van der Waals surface area (Å²) in [6, 6.07) is 7.97. The molecule has 4 nitrogen and oxygen atoms in total. The molecule has 2 aromatic rings. The monoisotopic (exact) mass is 281 g/mol. The maximum Gasteiger partial charge on any atom is 0.223 e. The van der Waals surface area contributed by atoms with Crippen LogP contribution >= 0.6 is 0 Å². The minimum absolute atomic E-state index is 0.122. The molecule has 0 unspecified atom stereocenters. The molecule has 1 N–H and O–H groups in total. The van der Waals surface area contributed by atoms with Gasteiger partial charge in [0, 0.05) is 43.2 Å². The van der Waals surface area contributed by atoms with Crippen LogP contribution in [0.2, 0.25) is 0 Å². The van der Waals surface area contributed by atoms with E-state index in [1.807, 2.05) is 31.2 Å². The Morgan fingerprint density at radius 3 is 2.86 bits per heavy atom. The Morgan fingerprint density at radius 2 is 2.10 bits per heavy atom. The first-order valence-electron chi connectivity index (χ1n) is 7.34. The number of carbonyl (C=O) groups is 1. The van der Waals surface area contributed by atoms with Crippen LogP contribution in [-0.2, 0) is 11.2 Å². The van der Waals surface area contributed by atoms with Crippen LogP contribution in [0.15, 0.2) is 42.9 Å². The summed E-state index contributed by atoms with van der Waals surface area (Å²) in [6.45, 7) is 2.70. The van der Waals surface area contributed by atoms with Crippen LogP contribution in [0.5, 0.6) is 0 Å². The first-order chi connectivity index (χ1) is 10.3. The van der Waals surface area contributed by atoms with Crippen molar-refractivity contribution in [3.63, 3.8) is 0 Å². The molecule has 0 spiro atoms. The van der Waals surface area contributed by atoms with E-state index >= 15 is 0 Å². The molecule has 0 radical (unpaired) electrons. The van der Waals surface area contributed by atoms with Gasteiger partial charge in [-0.15, -0.1) is 0 Å². The van der Waals surface area contributed by atoms with E-state index in [-0.39, 0.29) is 11.8 Å². The third-order valence-electron chi connectivity index (χ3n) is 4.04. The van der Waals surface area contributed by atoms with Gasteiger partial charge in [-0.1, -0.05) is 6.07 Å². The highest BCUT2D eigenvalue weighted by Gasteiger charge is 2.43. The topological polar surface area (TPSA) is 54.9 Å². The van der Waals surface area contributed by atoms with Crippen LogP contribution in [-0.4, -0.2) is 22.4 Å². The maximum atomic E-state index is 12.1. The number of rotatable bonds is 5. The summed E-state index contributed by atoms with van der Waals surface area (Å²) in [5, 5.41) is 3.03. The average Bonchev–Trinajstić information content (AvgIpc) is 3.31. The fourth-order valence-corrected chi connectivity index (χ4v) is 2.68. The Balaban J connectivity index is 1.47. The summed E-state index contributed by atoms with van der Waals surface area (Å²) in [7, 11) is 0. The highest BCUT2D eigenvalue weighted by molar-refractivity contribution is 5.82. The van der Waals surface area contributed by atoms with Gasteiger partial charge in [0.1, 0.15) is 0 Å². The number of aromatic nitrogens is 2. The van der Waals surface area contributed by atoms with Crippen LogP contribution in [0, 0.1) is 12.8 Å². The zero-order chi connectivity index (χ0) is 14.7. The highest BCUT2D eigenvalue weighted by atomic mass is 16.2. The Morgan fingerprint density at radius 1 is 1.29 bits per heavy atom. The fourth-order valence-electron chi connectivity index (χ4n) is 2.68. The SMILES string of the molecule is Cc1cccnc1CCNC(=O)[C@@H]1C[C@H]1c1ccncc1. The molecule has 2 atom stereocenters. The van der Waals surface area contributed by atoms with E-state index in [4.69, 9.17) is 0 Å². The number of hydrogen-bond acceptors (Lipinski definition) is 3. The second kappa shape index (κ2) is 6.04. The molecule has 1 saturated carbocycles. The lowest BCUT2D eigenvalue weighted by Gasteiger charge is -2.06. The number of aryl methyl sites for hydroxylation is 1. The molecule has 0 bridgehead atoms. The molecule has 4 heteroatoms. The molecule has 108 valence electrons. The quantitative estimate of drug-likeness (QED) is 0.914. The molecule has 0 aliphatic heterocycles. The van der Waals surface area contributed by atoms with Crippen LogP contribution in [0.3, 0.4) is 0 Å². The van der Waals surface area contributed by atoms with Gasteiger partial charge >= 0.3 is 0 Å². The Kier molecular flexibility index (Phi) is 3.95. The summed E-state index contributed by atoms with van der Waals surface area (Å²) in [5.74, 6) is 0.646. The number of pyridine rings is 2. The first-order valence-corrected chi connectivity index (χ1v) is 7.34.